The van der Waals surface area contributed by atoms with Crippen LogP contribution >= 0.6 is 0 Å². The van der Waals surface area contributed by atoms with Crippen LogP contribution in [0.5, 0.6) is 5.75 Å². The molecule has 0 saturated heterocycles. The summed E-state index contributed by atoms with van der Waals surface area (Å²) in [6, 6.07) is 7.10. The molecule has 2 N–H and O–H groups in total. The Morgan fingerprint density at radius 3 is 2.73 bits per heavy atom. The third kappa shape index (κ3) is 4.05. The average Bonchev–Trinajstić information content (AvgIpc) is 3.13. The van der Waals surface area contributed by atoms with Crippen LogP contribution in [0, 0.1) is 32.1 Å². The summed E-state index contributed by atoms with van der Waals surface area (Å²) in [5, 5.41) is 23.5. The quantitative estimate of drug-likeness (QED) is 0.634. The molecule has 0 aliphatic rings. The van der Waals surface area contributed by atoms with E-state index in [9.17, 15) is 14.9 Å². The first-order valence-corrected chi connectivity index (χ1v) is 9.21. The number of anilines is 1. The number of hydrogen-bond acceptors (Lipinski definition) is 7. The summed E-state index contributed by atoms with van der Waals surface area (Å²) in [5.74, 6) is 0.934. The van der Waals surface area contributed by atoms with Crippen molar-refractivity contribution < 1.29 is 9.53 Å². The lowest BCUT2D eigenvalue weighted by Gasteiger charge is -2.13. The zero-order chi connectivity index (χ0) is 21.8. The van der Waals surface area contributed by atoms with Gasteiger partial charge in [-0.3, -0.25) is 9.59 Å². The van der Waals surface area contributed by atoms with Gasteiger partial charge in [0, 0.05) is 17.8 Å². The molecule has 2 heterocycles. The minimum atomic E-state index is -0.413. The van der Waals surface area contributed by atoms with Crippen LogP contribution in [0.3, 0.4) is 0 Å². The number of benzene rings is 1. The Hall–Kier alpha value is -4.00. The Bertz CT molecular complexity index is 1200. The van der Waals surface area contributed by atoms with Crippen molar-refractivity contribution in [1.29, 1.82) is 5.26 Å². The summed E-state index contributed by atoms with van der Waals surface area (Å²) in [6.07, 6.45) is 0.577. The fraction of sp³-hybridized carbons (Fsp3) is 0.300. The van der Waals surface area contributed by atoms with Crippen molar-refractivity contribution >= 4 is 11.6 Å². The van der Waals surface area contributed by atoms with Crippen molar-refractivity contribution in [1.82, 2.24) is 25.2 Å². The molecule has 0 fully saturated rings. The van der Waals surface area contributed by atoms with E-state index in [4.69, 9.17) is 4.74 Å². The highest BCUT2D eigenvalue weighted by molar-refractivity contribution is 5.91. The first-order chi connectivity index (χ1) is 14.3. The molecule has 10 heteroatoms. The Morgan fingerprint density at radius 2 is 2.10 bits per heavy atom. The van der Waals surface area contributed by atoms with Gasteiger partial charge >= 0.3 is 0 Å². The molecular formula is C20H21N7O3. The van der Waals surface area contributed by atoms with Gasteiger partial charge in [0.1, 0.15) is 23.1 Å². The van der Waals surface area contributed by atoms with Gasteiger partial charge in [-0.05, 0) is 66.9 Å². The number of nitriles is 1. The number of tetrazole rings is 1. The molecular weight excluding hydrogens is 386 g/mol. The molecule has 0 saturated carbocycles. The molecule has 1 aromatic carbocycles. The molecule has 0 bridgehead atoms. The van der Waals surface area contributed by atoms with Gasteiger partial charge in [-0.1, -0.05) is 0 Å². The van der Waals surface area contributed by atoms with Crippen LogP contribution in [-0.4, -0.2) is 38.2 Å². The minimum absolute atomic E-state index is 0.0765. The normalized spacial score (nSPS) is 10.5. The van der Waals surface area contributed by atoms with E-state index in [0.717, 1.165) is 5.56 Å². The molecule has 30 heavy (non-hydrogen) atoms. The lowest BCUT2D eigenvalue weighted by molar-refractivity contribution is -0.116. The van der Waals surface area contributed by atoms with E-state index in [0.29, 0.717) is 40.6 Å². The maximum absolute atomic E-state index is 12.5. The molecule has 0 unspecified atom stereocenters. The minimum Gasteiger partial charge on any atom is -0.494 e. The predicted molar refractivity (Wildman–Crippen MR) is 109 cm³/mol. The third-order valence-corrected chi connectivity index (χ3v) is 4.84. The van der Waals surface area contributed by atoms with Crippen LogP contribution < -0.4 is 15.6 Å². The number of carbonyl (C=O) groups is 1. The Labute approximate surface area is 172 Å². The lowest BCUT2D eigenvalue weighted by Crippen LogP contribution is -2.18. The number of amides is 1. The van der Waals surface area contributed by atoms with Crippen molar-refractivity contribution in [2.75, 3.05) is 12.4 Å². The number of rotatable bonds is 6. The molecule has 154 valence electrons. The predicted octanol–water partition coefficient (Wildman–Crippen LogP) is 1.73. The molecule has 2 aromatic heterocycles. The Kier molecular flexibility index (Phi) is 5.92. The molecule has 3 rings (SSSR count). The van der Waals surface area contributed by atoms with Gasteiger partial charge in [-0.25, -0.2) is 0 Å². The number of aromatic amines is 1. The number of hydrogen-bond donors (Lipinski definition) is 2. The molecule has 0 aliphatic carbocycles. The van der Waals surface area contributed by atoms with Crippen molar-refractivity contribution in [3.8, 4) is 17.5 Å². The maximum Gasteiger partial charge on any atom is 0.266 e. The molecule has 0 radical (unpaired) electrons. The monoisotopic (exact) mass is 407 g/mol. The first kappa shape index (κ1) is 20.7. The van der Waals surface area contributed by atoms with Crippen LogP contribution in [0.15, 0.2) is 23.0 Å². The zero-order valence-corrected chi connectivity index (χ0v) is 17.1. The van der Waals surface area contributed by atoms with Crippen LogP contribution in [-0.2, 0) is 11.2 Å². The van der Waals surface area contributed by atoms with Crippen molar-refractivity contribution in [3.05, 3.63) is 56.8 Å². The van der Waals surface area contributed by atoms with Gasteiger partial charge in [0.2, 0.25) is 5.91 Å². The molecule has 0 atom stereocenters. The molecule has 1 amide bonds. The largest absolute Gasteiger partial charge is 0.494 e. The second-order valence-corrected chi connectivity index (χ2v) is 6.74. The lowest BCUT2D eigenvalue weighted by atomic mass is 9.99. The van der Waals surface area contributed by atoms with Crippen molar-refractivity contribution in [2.24, 2.45) is 0 Å². The van der Waals surface area contributed by atoms with Crippen LogP contribution in [0.2, 0.25) is 0 Å². The topological polar surface area (TPSA) is 139 Å². The van der Waals surface area contributed by atoms with E-state index in [-0.39, 0.29) is 17.9 Å². The number of aryl methyl sites for hydroxylation is 2. The van der Waals surface area contributed by atoms with E-state index < -0.39 is 5.56 Å². The van der Waals surface area contributed by atoms with Crippen LogP contribution in [0.1, 0.15) is 34.6 Å². The highest BCUT2D eigenvalue weighted by Gasteiger charge is 2.15. The summed E-state index contributed by atoms with van der Waals surface area (Å²) >= 11 is 0. The fourth-order valence-electron chi connectivity index (χ4n) is 3.27. The summed E-state index contributed by atoms with van der Waals surface area (Å²) in [5.41, 5.74) is 2.89. The molecule has 0 aliphatic heterocycles. The van der Waals surface area contributed by atoms with E-state index in [1.54, 1.807) is 46.1 Å². The van der Waals surface area contributed by atoms with E-state index in [2.05, 4.69) is 25.8 Å². The third-order valence-electron chi connectivity index (χ3n) is 4.84. The number of carbonyl (C=O) groups excluding carboxylic acids is 1. The SMILES string of the molecule is COc1ccc(NC(=O)CCc2c(C)[nH]c(=O)c(C#N)c2C)cc1-n1nnnc1C. The van der Waals surface area contributed by atoms with E-state index >= 15 is 0 Å². The number of pyridine rings is 1. The van der Waals surface area contributed by atoms with Gasteiger partial charge in [-0.2, -0.15) is 9.94 Å². The standard InChI is InChI=1S/C20H21N7O3/c1-11-15(12(2)22-20(29)16(11)10-21)6-8-19(28)23-14-5-7-18(30-4)17(9-14)27-13(3)24-25-26-27/h5,7,9H,6,8H2,1-4H3,(H,22,29)(H,23,28). The van der Waals surface area contributed by atoms with Crippen molar-refractivity contribution in [3.63, 3.8) is 0 Å². The summed E-state index contributed by atoms with van der Waals surface area (Å²) in [6.45, 7) is 5.24. The van der Waals surface area contributed by atoms with Crippen molar-refractivity contribution in [2.45, 2.75) is 33.6 Å². The first-order valence-electron chi connectivity index (χ1n) is 9.21. The number of methoxy groups -OCH3 is 1. The summed E-state index contributed by atoms with van der Waals surface area (Å²) in [7, 11) is 1.54. The molecule has 10 nitrogen and oxygen atoms in total. The van der Waals surface area contributed by atoms with Crippen LogP contribution in [0.25, 0.3) is 5.69 Å². The average molecular weight is 407 g/mol. The number of H-pyrrole nitrogens is 1. The second-order valence-electron chi connectivity index (χ2n) is 6.74. The van der Waals surface area contributed by atoms with Gasteiger partial charge in [0.15, 0.2) is 5.82 Å². The second kappa shape index (κ2) is 8.57. The zero-order valence-electron chi connectivity index (χ0n) is 17.1. The van der Waals surface area contributed by atoms with Crippen LogP contribution in [0.4, 0.5) is 5.69 Å². The number of aromatic nitrogens is 5. The Balaban J connectivity index is 1.77. The Morgan fingerprint density at radius 1 is 1.33 bits per heavy atom. The van der Waals surface area contributed by atoms with E-state index in [1.165, 1.54) is 4.68 Å². The number of ether oxygens (including phenoxy) is 1. The summed E-state index contributed by atoms with van der Waals surface area (Å²) in [4.78, 5) is 27.0. The van der Waals surface area contributed by atoms with Gasteiger partial charge in [0.25, 0.3) is 5.56 Å². The van der Waals surface area contributed by atoms with E-state index in [1.807, 2.05) is 6.07 Å². The fourth-order valence-corrected chi connectivity index (χ4v) is 3.27. The van der Waals surface area contributed by atoms with Gasteiger partial charge in [-0.15, -0.1) is 5.10 Å². The number of nitrogens with zero attached hydrogens (tertiary/aromatic N) is 5. The molecule has 0 spiro atoms. The van der Waals surface area contributed by atoms with Gasteiger partial charge < -0.3 is 15.0 Å². The smallest absolute Gasteiger partial charge is 0.266 e. The maximum atomic E-state index is 12.5. The summed E-state index contributed by atoms with van der Waals surface area (Å²) < 4.78 is 6.88. The molecule has 3 aromatic rings. The van der Waals surface area contributed by atoms with Gasteiger partial charge in [0.05, 0.1) is 7.11 Å². The highest BCUT2D eigenvalue weighted by Crippen LogP contribution is 2.26. The highest BCUT2D eigenvalue weighted by atomic mass is 16.5. The number of nitrogens with one attached hydrogen (secondary N) is 2.